The van der Waals surface area contributed by atoms with Gasteiger partial charge < -0.3 is 0 Å². The molecule has 18 heavy (non-hydrogen) atoms. The Bertz CT molecular complexity index is 526. The van der Waals surface area contributed by atoms with E-state index in [-0.39, 0.29) is 6.04 Å². The Balaban J connectivity index is 1.97. The lowest BCUT2D eigenvalue weighted by atomic mass is 10.1. The molecule has 7 heteroatoms. The fourth-order valence-corrected chi connectivity index (χ4v) is 2.20. The van der Waals surface area contributed by atoms with Crippen molar-refractivity contribution in [1.82, 2.24) is 10.5 Å². The van der Waals surface area contributed by atoms with Gasteiger partial charge in [0.15, 0.2) is 6.61 Å². The van der Waals surface area contributed by atoms with Gasteiger partial charge in [0, 0.05) is 6.20 Å². The third-order valence-corrected chi connectivity index (χ3v) is 3.17. The summed E-state index contributed by atoms with van der Waals surface area (Å²) in [5, 5.41) is 1.92. The Labute approximate surface area is 106 Å². The van der Waals surface area contributed by atoms with Gasteiger partial charge in [-0.15, -0.1) is 11.3 Å². The van der Waals surface area contributed by atoms with Gasteiger partial charge in [-0.2, -0.15) is 18.7 Å². The Hall–Kier alpha value is -1.18. The van der Waals surface area contributed by atoms with Crippen molar-refractivity contribution in [3.63, 3.8) is 0 Å². The highest BCUT2D eigenvalue weighted by Crippen LogP contribution is 2.22. The summed E-state index contributed by atoms with van der Waals surface area (Å²) in [6, 6.07) is 3.43. The molecule has 1 atom stereocenters. The molecule has 2 aromatic rings. The number of hydrogen-bond donors (Lipinski definition) is 1. The van der Waals surface area contributed by atoms with Crippen LogP contribution < -0.4 is 5.48 Å². The van der Waals surface area contributed by atoms with Crippen LogP contribution in [-0.2, 0) is 4.84 Å². The van der Waals surface area contributed by atoms with Gasteiger partial charge >= 0.3 is 6.18 Å². The van der Waals surface area contributed by atoms with E-state index in [1.54, 1.807) is 13.1 Å². The molecule has 0 aromatic carbocycles. The number of pyridine rings is 1. The predicted octanol–water partition coefficient (Wildman–Crippen LogP) is 3.44. The van der Waals surface area contributed by atoms with Crippen LogP contribution in [0.25, 0.3) is 10.2 Å². The minimum absolute atomic E-state index is 0.355. The average Bonchev–Trinajstić information content (AvgIpc) is 2.73. The molecular formula is C11H11F3N2OS. The number of rotatable bonds is 4. The van der Waals surface area contributed by atoms with E-state index in [9.17, 15) is 13.2 Å². The van der Waals surface area contributed by atoms with Crippen molar-refractivity contribution in [1.29, 1.82) is 0 Å². The average molecular weight is 276 g/mol. The summed E-state index contributed by atoms with van der Waals surface area (Å²) in [4.78, 5) is 8.62. The summed E-state index contributed by atoms with van der Waals surface area (Å²) in [5.41, 5.74) is 4.02. The first kappa shape index (κ1) is 13.3. The van der Waals surface area contributed by atoms with Crippen molar-refractivity contribution in [3.05, 3.63) is 29.3 Å². The summed E-state index contributed by atoms with van der Waals surface area (Å²) in [7, 11) is 0. The molecule has 0 saturated heterocycles. The molecule has 0 amide bonds. The fraction of sp³-hybridized carbons (Fsp3) is 0.364. The molecule has 0 aliphatic heterocycles. The largest absolute Gasteiger partial charge is 0.413 e. The van der Waals surface area contributed by atoms with E-state index in [0.29, 0.717) is 0 Å². The summed E-state index contributed by atoms with van der Waals surface area (Å²) in [5.74, 6) is 0. The molecule has 0 aliphatic carbocycles. The first-order valence-electron chi connectivity index (χ1n) is 5.23. The smallest absolute Gasteiger partial charge is 0.292 e. The van der Waals surface area contributed by atoms with E-state index in [1.807, 2.05) is 17.5 Å². The fourth-order valence-electron chi connectivity index (χ4n) is 1.41. The molecule has 0 aliphatic rings. The van der Waals surface area contributed by atoms with Crippen LogP contribution in [0.2, 0.25) is 0 Å². The highest BCUT2D eigenvalue weighted by molar-refractivity contribution is 7.17. The van der Waals surface area contributed by atoms with Crippen LogP contribution in [-0.4, -0.2) is 17.8 Å². The number of fused-ring (bicyclic) bond motifs is 1. The number of halogens is 3. The minimum Gasteiger partial charge on any atom is -0.292 e. The van der Waals surface area contributed by atoms with Crippen LogP contribution in [0.5, 0.6) is 0 Å². The zero-order valence-electron chi connectivity index (χ0n) is 9.49. The second-order valence-electron chi connectivity index (χ2n) is 3.82. The SMILES string of the molecule is CC(NOCC(F)(F)F)c1cnc2ccsc2c1. The first-order valence-corrected chi connectivity index (χ1v) is 6.11. The van der Waals surface area contributed by atoms with Crippen LogP contribution in [0.15, 0.2) is 23.7 Å². The maximum atomic E-state index is 11.9. The van der Waals surface area contributed by atoms with E-state index in [0.717, 1.165) is 15.8 Å². The van der Waals surface area contributed by atoms with Crippen LogP contribution in [0.1, 0.15) is 18.5 Å². The predicted molar refractivity (Wildman–Crippen MR) is 63.2 cm³/mol. The molecule has 2 aromatic heterocycles. The van der Waals surface area contributed by atoms with Crippen molar-refractivity contribution in [2.24, 2.45) is 0 Å². The zero-order valence-corrected chi connectivity index (χ0v) is 10.3. The monoisotopic (exact) mass is 276 g/mol. The van der Waals surface area contributed by atoms with Crippen molar-refractivity contribution in [2.45, 2.75) is 19.1 Å². The lowest BCUT2D eigenvalue weighted by Crippen LogP contribution is -2.26. The van der Waals surface area contributed by atoms with Gasteiger partial charge in [0.1, 0.15) is 0 Å². The van der Waals surface area contributed by atoms with Crippen molar-refractivity contribution in [2.75, 3.05) is 6.61 Å². The van der Waals surface area contributed by atoms with Crippen LogP contribution in [0, 0.1) is 0 Å². The Kier molecular flexibility index (Phi) is 3.84. The third-order valence-electron chi connectivity index (χ3n) is 2.32. The molecule has 0 spiro atoms. The van der Waals surface area contributed by atoms with Gasteiger partial charge in [-0.3, -0.25) is 9.82 Å². The molecule has 0 fully saturated rings. The van der Waals surface area contributed by atoms with E-state index >= 15 is 0 Å². The second-order valence-corrected chi connectivity index (χ2v) is 4.76. The highest BCUT2D eigenvalue weighted by atomic mass is 32.1. The summed E-state index contributed by atoms with van der Waals surface area (Å²) in [6.45, 7) is 0.402. The zero-order chi connectivity index (χ0) is 13.2. The molecule has 1 unspecified atom stereocenters. The number of hydrogen-bond acceptors (Lipinski definition) is 4. The van der Waals surface area contributed by atoms with Crippen LogP contribution in [0.3, 0.4) is 0 Å². The van der Waals surface area contributed by atoms with Crippen molar-refractivity contribution < 1.29 is 18.0 Å². The maximum absolute atomic E-state index is 11.9. The van der Waals surface area contributed by atoms with Crippen molar-refractivity contribution in [3.8, 4) is 0 Å². The molecule has 2 rings (SSSR count). The van der Waals surface area contributed by atoms with E-state index < -0.39 is 12.8 Å². The lowest BCUT2D eigenvalue weighted by molar-refractivity contribution is -0.192. The molecule has 0 bridgehead atoms. The number of alkyl halides is 3. The number of nitrogens with zero attached hydrogens (tertiary/aromatic N) is 1. The van der Waals surface area contributed by atoms with Gasteiger partial charge in [0.2, 0.25) is 0 Å². The summed E-state index contributed by atoms with van der Waals surface area (Å²) < 4.78 is 36.7. The topological polar surface area (TPSA) is 34.1 Å². The lowest BCUT2D eigenvalue weighted by Gasteiger charge is -2.14. The molecule has 98 valence electrons. The normalized spacial score (nSPS) is 14.0. The summed E-state index contributed by atoms with van der Waals surface area (Å²) in [6.07, 6.45) is -2.70. The second kappa shape index (κ2) is 5.21. The Morgan fingerprint density at radius 2 is 2.28 bits per heavy atom. The quantitative estimate of drug-likeness (QED) is 0.869. The molecular weight excluding hydrogens is 265 g/mol. The molecule has 3 nitrogen and oxygen atoms in total. The summed E-state index contributed by atoms with van der Waals surface area (Å²) >= 11 is 1.54. The van der Waals surface area contributed by atoms with Gasteiger partial charge in [-0.05, 0) is 30.0 Å². The van der Waals surface area contributed by atoms with E-state index in [1.165, 1.54) is 11.3 Å². The third kappa shape index (κ3) is 3.41. The van der Waals surface area contributed by atoms with E-state index in [4.69, 9.17) is 0 Å². The number of nitrogens with one attached hydrogen (secondary N) is 1. The first-order chi connectivity index (χ1) is 8.46. The minimum atomic E-state index is -4.33. The number of aromatic nitrogens is 1. The van der Waals surface area contributed by atoms with Gasteiger partial charge in [-0.25, -0.2) is 0 Å². The van der Waals surface area contributed by atoms with E-state index in [2.05, 4.69) is 15.3 Å². The molecule has 0 saturated carbocycles. The Morgan fingerprint density at radius 3 is 3.00 bits per heavy atom. The number of hydroxylamine groups is 1. The van der Waals surface area contributed by atoms with Gasteiger partial charge in [0.25, 0.3) is 0 Å². The molecule has 1 N–H and O–H groups in total. The van der Waals surface area contributed by atoms with Crippen LogP contribution in [0.4, 0.5) is 13.2 Å². The highest BCUT2D eigenvalue weighted by Gasteiger charge is 2.28. The van der Waals surface area contributed by atoms with Gasteiger partial charge in [-0.1, -0.05) is 0 Å². The number of thiophene rings is 1. The molecule has 0 radical (unpaired) electrons. The van der Waals surface area contributed by atoms with Gasteiger partial charge in [0.05, 0.1) is 16.3 Å². The van der Waals surface area contributed by atoms with Crippen LogP contribution >= 0.6 is 11.3 Å². The molecule has 2 heterocycles. The Morgan fingerprint density at radius 1 is 1.50 bits per heavy atom. The van der Waals surface area contributed by atoms with Crippen molar-refractivity contribution >= 4 is 21.6 Å². The standard InChI is InChI=1S/C11H11F3N2OS/c1-7(16-17-6-11(12,13)14)8-4-10-9(15-5-8)2-3-18-10/h2-5,7,16H,6H2,1H3. The maximum Gasteiger partial charge on any atom is 0.413 e.